The van der Waals surface area contributed by atoms with Gasteiger partial charge in [-0.2, -0.15) is 0 Å². The Morgan fingerprint density at radius 1 is 1.03 bits per heavy atom. The number of nitrogens with zero attached hydrogens (tertiary/aromatic N) is 2. The predicted octanol–water partition coefficient (Wildman–Crippen LogP) is 3.12. The van der Waals surface area contributed by atoms with Gasteiger partial charge in [0, 0.05) is 25.5 Å². The van der Waals surface area contributed by atoms with Crippen LogP contribution in [0.4, 0.5) is 5.69 Å². The molecule has 0 radical (unpaired) electrons. The van der Waals surface area contributed by atoms with E-state index in [0.29, 0.717) is 19.4 Å². The number of pyridine rings is 1. The lowest BCUT2D eigenvalue weighted by Gasteiger charge is -2.34. The summed E-state index contributed by atoms with van der Waals surface area (Å²) in [6, 6.07) is 20.8. The molecule has 2 amide bonds. The zero-order chi connectivity index (χ0) is 22.3. The van der Waals surface area contributed by atoms with Crippen LogP contribution in [0.15, 0.2) is 77.7 Å². The molecule has 0 bridgehead atoms. The van der Waals surface area contributed by atoms with Crippen LogP contribution in [-0.2, 0) is 23.7 Å². The minimum absolute atomic E-state index is 0.0620. The lowest BCUT2D eigenvalue weighted by molar-refractivity contribution is -0.121. The number of hydrogen-bond acceptors (Lipinski definition) is 3. The number of carbonyl (C=O) groups excluding carboxylic acids is 2. The summed E-state index contributed by atoms with van der Waals surface area (Å²) in [6.45, 7) is 0.429. The van der Waals surface area contributed by atoms with Gasteiger partial charge in [-0.1, -0.05) is 48.5 Å². The average molecular weight is 428 g/mol. The molecule has 2 atom stereocenters. The summed E-state index contributed by atoms with van der Waals surface area (Å²) in [6.07, 6.45) is 3.54. The van der Waals surface area contributed by atoms with Crippen molar-refractivity contribution in [2.24, 2.45) is 7.05 Å². The van der Waals surface area contributed by atoms with Crippen LogP contribution in [0.5, 0.6) is 0 Å². The lowest BCUT2D eigenvalue weighted by atomic mass is 9.73. The molecule has 3 heterocycles. The number of amides is 2. The van der Waals surface area contributed by atoms with Crippen molar-refractivity contribution in [1.82, 2.24) is 9.47 Å². The van der Waals surface area contributed by atoms with E-state index in [4.69, 9.17) is 0 Å². The summed E-state index contributed by atoms with van der Waals surface area (Å²) < 4.78 is 1.41. The second-order valence-electron chi connectivity index (χ2n) is 8.60. The van der Waals surface area contributed by atoms with E-state index in [2.05, 4.69) is 17.4 Å². The minimum Gasteiger partial charge on any atom is -0.334 e. The molecule has 162 valence electrons. The molecule has 1 aromatic heterocycles. The maximum absolute atomic E-state index is 13.6. The van der Waals surface area contributed by atoms with E-state index in [-0.39, 0.29) is 29.0 Å². The number of likely N-dealkylation sites (tertiary alicyclic amines) is 1. The number of para-hydroxylation sites is 1. The van der Waals surface area contributed by atoms with Crippen LogP contribution in [-0.4, -0.2) is 33.9 Å². The third-order valence-corrected chi connectivity index (χ3v) is 6.92. The first kappa shape index (κ1) is 20.2. The molecule has 1 fully saturated rings. The molecule has 1 N–H and O–H groups in total. The number of aryl methyl sites for hydroxylation is 2. The molecule has 1 spiro atoms. The van der Waals surface area contributed by atoms with Crippen molar-refractivity contribution in [2.75, 3.05) is 11.9 Å². The van der Waals surface area contributed by atoms with Gasteiger partial charge in [-0.15, -0.1) is 0 Å². The van der Waals surface area contributed by atoms with Crippen molar-refractivity contribution in [3.63, 3.8) is 0 Å². The Morgan fingerprint density at radius 2 is 1.78 bits per heavy atom. The van der Waals surface area contributed by atoms with Crippen LogP contribution in [0.25, 0.3) is 0 Å². The maximum atomic E-state index is 13.6. The first-order valence-corrected chi connectivity index (χ1v) is 10.9. The number of carbonyl (C=O) groups is 2. The van der Waals surface area contributed by atoms with Crippen LogP contribution >= 0.6 is 0 Å². The molecule has 0 unspecified atom stereocenters. The van der Waals surface area contributed by atoms with Gasteiger partial charge in [0.25, 0.3) is 11.5 Å². The van der Waals surface area contributed by atoms with Gasteiger partial charge >= 0.3 is 0 Å². The third-order valence-electron chi connectivity index (χ3n) is 6.92. The molecule has 1 saturated heterocycles. The topological polar surface area (TPSA) is 71.4 Å². The summed E-state index contributed by atoms with van der Waals surface area (Å²) in [5, 5.41) is 3.04. The highest BCUT2D eigenvalue weighted by molar-refractivity contribution is 6.08. The Bertz CT molecular complexity index is 1250. The highest BCUT2D eigenvalue weighted by atomic mass is 16.2. The number of benzene rings is 2. The molecule has 6 nitrogen and oxygen atoms in total. The highest BCUT2D eigenvalue weighted by Gasteiger charge is 2.58. The van der Waals surface area contributed by atoms with Crippen molar-refractivity contribution in [1.29, 1.82) is 0 Å². The molecule has 0 aliphatic carbocycles. The molecule has 2 aromatic carbocycles. The number of nitrogens with one attached hydrogen (secondary N) is 1. The van der Waals surface area contributed by atoms with Crippen LogP contribution in [0.3, 0.4) is 0 Å². The third kappa shape index (κ3) is 3.06. The van der Waals surface area contributed by atoms with Crippen LogP contribution in [0, 0.1) is 0 Å². The van der Waals surface area contributed by atoms with Gasteiger partial charge in [0.1, 0.15) is 5.56 Å². The monoisotopic (exact) mass is 427 g/mol. The zero-order valence-electron chi connectivity index (χ0n) is 18.0. The molecule has 6 heteroatoms. The largest absolute Gasteiger partial charge is 0.334 e. The van der Waals surface area contributed by atoms with E-state index in [1.54, 1.807) is 30.3 Å². The molecule has 0 saturated carbocycles. The van der Waals surface area contributed by atoms with Gasteiger partial charge in [0.05, 0.1) is 11.5 Å². The van der Waals surface area contributed by atoms with Crippen molar-refractivity contribution in [3.8, 4) is 0 Å². The van der Waals surface area contributed by atoms with Gasteiger partial charge in [0.2, 0.25) is 5.91 Å². The summed E-state index contributed by atoms with van der Waals surface area (Å²) >= 11 is 0. The fourth-order valence-corrected chi connectivity index (χ4v) is 5.31. The van der Waals surface area contributed by atoms with E-state index >= 15 is 0 Å². The van der Waals surface area contributed by atoms with Crippen molar-refractivity contribution < 1.29 is 9.59 Å². The van der Waals surface area contributed by atoms with Gasteiger partial charge in [0.15, 0.2) is 0 Å². The van der Waals surface area contributed by atoms with Crippen molar-refractivity contribution >= 4 is 17.5 Å². The first-order chi connectivity index (χ1) is 15.5. The fourth-order valence-electron chi connectivity index (χ4n) is 5.31. The zero-order valence-corrected chi connectivity index (χ0v) is 18.0. The predicted molar refractivity (Wildman–Crippen MR) is 123 cm³/mol. The summed E-state index contributed by atoms with van der Waals surface area (Å²) in [4.78, 5) is 41.4. The Labute approximate surface area is 186 Å². The second-order valence-corrected chi connectivity index (χ2v) is 8.60. The molecule has 3 aromatic rings. The SMILES string of the molecule is Cn1cccc(C(=O)N2CC[C@@]3(C(=O)Nc4ccccc43)[C@@H]2CCc2ccccc2)c1=O. The van der Waals surface area contributed by atoms with E-state index in [1.807, 2.05) is 42.5 Å². The van der Waals surface area contributed by atoms with Gasteiger partial charge in [-0.3, -0.25) is 14.4 Å². The van der Waals surface area contributed by atoms with Gasteiger partial charge in [-0.25, -0.2) is 0 Å². The van der Waals surface area contributed by atoms with E-state index in [1.165, 1.54) is 4.57 Å². The van der Waals surface area contributed by atoms with E-state index in [0.717, 1.165) is 23.2 Å². The Kier molecular flexibility index (Phi) is 4.93. The van der Waals surface area contributed by atoms with Crippen LogP contribution in [0.2, 0.25) is 0 Å². The highest BCUT2D eigenvalue weighted by Crippen LogP contribution is 2.49. The number of fused-ring (bicyclic) bond motifs is 2. The van der Waals surface area contributed by atoms with E-state index < -0.39 is 5.41 Å². The lowest BCUT2D eigenvalue weighted by Crippen LogP contribution is -2.49. The average Bonchev–Trinajstić information content (AvgIpc) is 3.33. The van der Waals surface area contributed by atoms with Crippen molar-refractivity contribution in [3.05, 3.63) is 100.0 Å². The van der Waals surface area contributed by atoms with Gasteiger partial charge in [-0.05, 0) is 48.6 Å². The Morgan fingerprint density at radius 3 is 2.59 bits per heavy atom. The van der Waals surface area contributed by atoms with Crippen LogP contribution < -0.4 is 10.9 Å². The molecular formula is C26H25N3O3. The summed E-state index contributed by atoms with van der Waals surface area (Å²) in [5.74, 6) is -0.369. The Hall–Kier alpha value is -3.67. The Balaban J connectivity index is 1.57. The summed E-state index contributed by atoms with van der Waals surface area (Å²) in [5.41, 5.74) is 1.93. The molecule has 32 heavy (non-hydrogen) atoms. The van der Waals surface area contributed by atoms with Crippen LogP contribution in [0.1, 0.15) is 34.3 Å². The number of rotatable bonds is 4. The molecule has 2 aliphatic heterocycles. The minimum atomic E-state index is -0.805. The number of hydrogen-bond donors (Lipinski definition) is 1. The molecular weight excluding hydrogens is 402 g/mol. The number of aromatic nitrogens is 1. The standard InChI is InChI=1S/C26H25N3O3/c1-28-16-7-10-19(23(28)30)24(31)29-17-15-26(20-11-5-6-12-21(20)27-25(26)32)22(29)14-13-18-8-3-2-4-9-18/h2-12,16,22H,13-15,17H2,1H3,(H,27,32)/t22-,26-/m0/s1. The molecule has 5 rings (SSSR count). The normalized spacial score (nSPS) is 21.6. The fraction of sp³-hybridized carbons (Fsp3) is 0.269. The van der Waals surface area contributed by atoms with Crippen molar-refractivity contribution in [2.45, 2.75) is 30.7 Å². The van der Waals surface area contributed by atoms with E-state index in [9.17, 15) is 14.4 Å². The maximum Gasteiger partial charge on any atom is 0.263 e. The first-order valence-electron chi connectivity index (χ1n) is 10.9. The smallest absolute Gasteiger partial charge is 0.263 e. The summed E-state index contributed by atoms with van der Waals surface area (Å²) in [7, 11) is 1.64. The van der Waals surface area contributed by atoms with Gasteiger partial charge < -0.3 is 14.8 Å². The second kappa shape index (κ2) is 7.79. The molecule has 2 aliphatic rings. The number of anilines is 1. The quantitative estimate of drug-likeness (QED) is 0.696.